The minimum absolute atomic E-state index is 0.0695. The third kappa shape index (κ3) is 2.87. The van der Waals surface area contributed by atoms with Gasteiger partial charge in [0.25, 0.3) is 10.0 Å². The second-order valence-electron chi connectivity index (χ2n) is 4.81. The third-order valence-corrected chi connectivity index (χ3v) is 5.38. The molecular weight excluding hydrogens is 296 g/mol. The Morgan fingerprint density at radius 1 is 1.33 bits per heavy atom. The number of carbonyl (C=O) groups is 1. The molecule has 1 aliphatic rings. The van der Waals surface area contributed by atoms with Gasteiger partial charge < -0.3 is 9.84 Å². The second kappa shape index (κ2) is 6.00. The van der Waals surface area contributed by atoms with Gasteiger partial charge in [-0.2, -0.15) is 0 Å². The number of amides is 1. The van der Waals surface area contributed by atoms with E-state index in [9.17, 15) is 13.2 Å². The van der Waals surface area contributed by atoms with E-state index in [0.717, 1.165) is 4.41 Å². The Balaban J connectivity index is 2.29. The first-order chi connectivity index (χ1) is 9.91. The van der Waals surface area contributed by atoms with E-state index < -0.39 is 27.9 Å². The average Bonchev–Trinajstić information content (AvgIpc) is 2.76. The van der Waals surface area contributed by atoms with Crippen molar-refractivity contribution in [1.82, 2.24) is 9.84 Å². The minimum atomic E-state index is -3.83. The highest BCUT2D eigenvalue weighted by molar-refractivity contribution is 7.89. The van der Waals surface area contributed by atoms with E-state index in [1.54, 1.807) is 19.1 Å². The van der Waals surface area contributed by atoms with Crippen LogP contribution in [-0.4, -0.2) is 43.6 Å². The lowest BCUT2D eigenvalue weighted by Gasteiger charge is -2.21. The van der Waals surface area contributed by atoms with Gasteiger partial charge in [-0.05, 0) is 37.6 Å². The molecule has 1 amide bonds. The fraction of sp³-hybridized carbons (Fsp3) is 0.462. The lowest BCUT2D eigenvalue weighted by atomic mass is 10.00. The molecule has 0 radical (unpaired) electrons. The normalized spacial score (nSPS) is 23.1. The highest BCUT2D eigenvalue weighted by Gasteiger charge is 2.44. The van der Waals surface area contributed by atoms with E-state index in [1.807, 2.05) is 0 Å². The van der Waals surface area contributed by atoms with Crippen LogP contribution in [0.1, 0.15) is 13.3 Å². The smallest absolute Gasteiger partial charge is 0.260 e. The number of nitrogens with one attached hydrogen (secondary N) is 1. The largest absolute Gasteiger partial charge is 0.497 e. The fourth-order valence-corrected chi connectivity index (χ4v) is 3.83. The molecule has 116 valence electrons. The van der Waals surface area contributed by atoms with Gasteiger partial charge in [-0.1, -0.05) is 0 Å². The first-order valence-corrected chi connectivity index (χ1v) is 7.95. The highest BCUT2D eigenvalue weighted by atomic mass is 32.2. The van der Waals surface area contributed by atoms with Crippen molar-refractivity contribution in [3.8, 4) is 5.75 Å². The highest BCUT2D eigenvalue weighted by Crippen LogP contribution is 2.27. The van der Waals surface area contributed by atoms with Crippen LogP contribution in [-0.2, 0) is 14.8 Å². The summed E-state index contributed by atoms with van der Waals surface area (Å²) in [6, 6.07) is 5.37. The van der Waals surface area contributed by atoms with Gasteiger partial charge in [0.2, 0.25) is 5.91 Å². The summed E-state index contributed by atoms with van der Waals surface area (Å²) < 4.78 is 31.0. The molecule has 8 heteroatoms. The number of benzene rings is 1. The number of hydrogen-bond donors (Lipinski definition) is 2. The van der Waals surface area contributed by atoms with E-state index in [0.29, 0.717) is 5.75 Å². The number of sulfonamides is 1. The van der Waals surface area contributed by atoms with Gasteiger partial charge in [-0.3, -0.25) is 10.2 Å². The number of carbonyl (C=O) groups excluding carboxylic acids is 1. The molecule has 1 aliphatic heterocycles. The van der Waals surface area contributed by atoms with Gasteiger partial charge >= 0.3 is 0 Å². The maximum atomic E-state index is 12.5. The Hall–Kier alpha value is -1.64. The van der Waals surface area contributed by atoms with Gasteiger partial charge in [0, 0.05) is 6.61 Å². The fourth-order valence-electron chi connectivity index (χ4n) is 2.33. The van der Waals surface area contributed by atoms with E-state index in [-0.39, 0.29) is 17.9 Å². The number of ether oxygens (including phenoxy) is 1. The lowest BCUT2D eigenvalue weighted by Crippen LogP contribution is -2.42. The maximum absolute atomic E-state index is 12.5. The van der Waals surface area contributed by atoms with Gasteiger partial charge in [0.05, 0.1) is 24.0 Å². The Kier molecular flexibility index (Phi) is 4.50. The molecule has 2 unspecified atom stereocenters. The molecule has 0 saturated carbocycles. The van der Waals surface area contributed by atoms with Crippen molar-refractivity contribution < 1.29 is 23.1 Å². The maximum Gasteiger partial charge on any atom is 0.260 e. The van der Waals surface area contributed by atoms with Crippen molar-refractivity contribution in [2.75, 3.05) is 13.7 Å². The van der Waals surface area contributed by atoms with Gasteiger partial charge in [-0.15, -0.1) is 4.41 Å². The third-order valence-electron chi connectivity index (χ3n) is 3.57. The zero-order chi connectivity index (χ0) is 15.6. The summed E-state index contributed by atoms with van der Waals surface area (Å²) in [5.74, 6) is -0.401. The van der Waals surface area contributed by atoms with Crippen molar-refractivity contribution >= 4 is 15.9 Å². The van der Waals surface area contributed by atoms with Crippen LogP contribution in [0.4, 0.5) is 0 Å². The molecule has 2 atom stereocenters. The van der Waals surface area contributed by atoms with E-state index in [2.05, 4.69) is 5.43 Å². The van der Waals surface area contributed by atoms with Gasteiger partial charge in [0.1, 0.15) is 5.75 Å². The molecule has 1 aromatic carbocycles. The molecule has 2 N–H and O–H groups in total. The Morgan fingerprint density at radius 2 is 1.95 bits per heavy atom. The number of hydrazine groups is 1. The predicted octanol–water partition coefficient (Wildman–Crippen LogP) is 0.118. The van der Waals surface area contributed by atoms with Crippen LogP contribution < -0.4 is 10.2 Å². The molecule has 1 fully saturated rings. The SMILES string of the molecule is COc1ccc(S(=O)(=O)N2NC(=O)C(CCO)C2C)cc1. The van der Waals surface area contributed by atoms with E-state index in [4.69, 9.17) is 9.84 Å². The van der Waals surface area contributed by atoms with E-state index in [1.165, 1.54) is 19.2 Å². The van der Waals surface area contributed by atoms with Crippen LogP contribution in [0.2, 0.25) is 0 Å². The molecule has 1 aromatic rings. The van der Waals surface area contributed by atoms with Gasteiger partial charge in [0.15, 0.2) is 0 Å². The van der Waals surface area contributed by atoms with Crippen molar-refractivity contribution in [3.05, 3.63) is 24.3 Å². The topological polar surface area (TPSA) is 95.9 Å². The number of aliphatic hydroxyl groups excluding tert-OH is 1. The van der Waals surface area contributed by atoms with Crippen molar-refractivity contribution in [1.29, 1.82) is 0 Å². The van der Waals surface area contributed by atoms with Crippen LogP contribution in [0.15, 0.2) is 29.2 Å². The number of aliphatic hydroxyl groups is 1. The summed E-state index contributed by atoms with van der Waals surface area (Å²) in [7, 11) is -2.34. The van der Waals surface area contributed by atoms with Crippen LogP contribution in [0.3, 0.4) is 0 Å². The molecule has 0 spiro atoms. The predicted molar refractivity (Wildman–Crippen MR) is 74.8 cm³/mol. The molecular formula is C13H18N2O5S. The quantitative estimate of drug-likeness (QED) is 0.804. The second-order valence-corrected chi connectivity index (χ2v) is 6.63. The standard InChI is InChI=1S/C13H18N2O5S/c1-9-12(7-8-16)13(17)14-15(9)21(18,19)11-5-3-10(20-2)4-6-11/h3-6,9,12,16H,7-8H2,1-2H3,(H,14,17). The molecule has 1 saturated heterocycles. The summed E-state index contributed by atoms with van der Waals surface area (Å²) in [5, 5.41) is 8.96. The zero-order valence-electron chi connectivity index (χ0n) is 11.8. The molecule has 0 aromatic heterocycles. The summed E-state index contributed by atoms with van der Waals surface area (Å²) in [6.45, 7) is 1.47. The average molecular weight is 314 g/mol. The lowest BCUT2D eigenvalue weighted by molar-refractivity contribution is -0.123. The molecule has 0 bridgehead atoms. The molecule has 1 heterocycles. The number of hydrogen-bond acceptors (Lipinski definition) is 5. The Bertz CT molecular complexity index is 614. The number of nitrogens with zero attached hydrogens (tertiary/aromatic N) is 1. The van der Waals surface area contributed by atoms with Crippen molar-refractivity contribution in [2.45, 2.75) is 24.3 Å². The minimum Gasteiger partial charge on any atom is -0.497 e. The molecule has 7 nitrogen and oxygen atoms in total. The molecule has 21 heavy (non-hydrogen) atoms. The Labute approximate surface area is 123 Å². The first kappa shape index (κ1) is 15.7. The van der Waals surface area contributed by atoms with Crippen molar-refractivity contribution in [2.24, 2.45) is 5.92 Å². The number of methoxy groups -OCH3 is 1. The monoisotopic (exact) mass is 314 g/mol. The van der Waals surface area contributed by atoms with Crippen LogP contribution in [0.25, 0.3) is 0 Å². The van der Waals surface area contributed by atoms with Crippen LogP contribution in [0.5, 0.6) is 5.75 Å². The zero-order valence-corrected chi connectivity index (χ0v) is 12.6. The van der Waals surface area contributed by atoms with Crippen molar-refractivity contribution in [3.63, 3.8) is 0 Å². The number of rotatable bonds is 5. The Morgan fingerprint density at radius 3 is 2.48 bits per heavy atom. The molecule has 2 rings (SSSR count). The first-order valence-electron chi connectivity index (χ1n) is 6.51. The summed E-state index contributed by atoms with van der Waals surface area (Å²) in [4.78, 5) is 11.9. The summed E-state index contributed by atoms with van der Waals surface area (Å²) >= 11 is 0. The van der Waals surface area contributed by atoms with Gasteiger partial charge in [-0.25, -0.2) is 8.42 Å². The summed E-state index contributed by atoms with van der Waals surface area (Å²) in [5.41, 5.74) is 2.37. The van der Waals surface area contributed by atoms with Crippen LogP contribution >= 0.6 is 0 Å². The molecule has 0 aliphatic carbocycles. The van der Waals surface area contributed by atoms with E-state index >= 15 is 0 Å². The summed E-state index contributed by atoms with van der Waals surface area (Å²) in [6.07, 6.45) is 0.224. The van der Waals surface area contributed by atoms with Crippen LogP contribution in [0, 0.1) is 5.92 Å².